The lowest BCUT2D eigenvalue weighted by Gasteiger charge is -2.32. The van der Waals surface area contributed by atoms with Crippen molar-refractivity contribution in [2.45, 2.75) is 24.8 Å². The lowest BCUT2D eigenvalue weighted by molar-refractivity contribution is -0.120. The maximum atomic E-state index is 13.3. The average Bonchev–Trinajstić information content (AvgIpc) is 3.40. The van der Waals surface area contributed by atoms with Gasteiger partial charge in [0.05, 0.1) is 18.8 Å². The molecule has 2 aliphatic rings. The zero-order valence-electron chi connectivity index (χ0n) is 22.2. The van der Waals surface area contributed by atoms with Crippen LogP contribution in [0.5, 0.6) is 5.75 Å². The number of nitrogens with zero attached hydrogens (tertiary/aromatic N) is 4. The van der Waals surface area contributed by atoms with Crippen LogP contribution in [0.25, 0.3) is 0 Å². The predicted molar refractivity (Wildman–Crippen MR) is 151 cm³/mol. The Balaban J connectivity index is 1.50. The van der Waals surface area contributed by atoms with E-state index in [4.69, 9.17) is 21.3 Å². The third kappa shape index (κ3) is 7.34. The third-order valence-electron chi connectivity index (χ3n) is 6.68. The average molecular weight is 571 g/mol. The van der Waals surface area contributed by atoms with E-state index < -0.39 is 22.0 Å². The summed E-state index contributed by atoms with van der Waals surface area (Å²) < 4.78 is 35.8. The zero-order valence-corrected chi connectivity index (χ0v) is 23.0. The lowest BCUT2D eigenvalue weighted by Crippen LogP contribution is -2.52. The molecule has 2 aromatic carbocycles. The zero-order chi connectivity index (χ0) is 28.7. The molecule has 1 atom stereocenters. The van der Waals surface area contributed by atoms with Gasteiger partial charge in [0, 0.05) is 32.1 Å². The maximum absolute atomic E-state index is 13.3. The molecule has 1 saturated heterocycles. The molecule has 2 amide bonds. The van der Waals surface area contributed by atoms with Crippen LogP contribution in [0, 0.1) is 0 Å². The van der Waals surface area contributed by atoms with Gasteiger partial charge < -0.3 is 21.5 Å². The molecule has 0 aromatic heterocycles. The predicted octanol–water partition coefficient (Wildman–Crippen LogP) is -0.286. The van der Waals surface area contributed by atoms with Gasteiger partial charge in [0.1, 0.15) is 5.75 Å². The number of carbonyl (C=O) groups is 2. The summed E-state index contributed by atoms with van der Waals surface area (Å²) >= 11 is 0. The van der Waals surface area contributed by atoms with Crippen LogP contribution < -0.4 is 26.2 Å². The van der Waals surface area contributed by atoms with Gasteiger partial charge in [-0.15, -0.1) is 0 Å². The standard InChI is InChI=1S/C26H34N8O5S/c1-29-26(32-40(37,38)33-13-11-20(12-14-33)30-15-23(27)35)34-16-22(18-5-3-2-4-6-18)25(31-34)19-7-9-21(10-8-19)39-17-24(28)36/h2-10,20,22,30H,11-17H2,1H3,(H2,27,35)(H2,28,36)(H,29,32). The van der Waals surface area contributed by atoms with Crippen LogP contribution in [0.2, 0.25) is 0 Å². The molecule has 2 aliphatic heterocycles. The van der Waals surface area contributed by atoms with E-state index in [9.17, 15) is 18.0 Å². The summed E-state index contributed by atoms with van der Waals surface area (Å²) in [7, 11) is -2.39. The summed E-state index contributed by atoms with van der Waals surface area (Å²) in [4.78, 5) is 26.3. The SMILES string of the molecule is CN=C(NS(=O)(=O)N1CCC(NCC(N)=O)CC1)N1CC(c2ccccc2)C(c2ccc(OCC(N)=O)cc2)=N1. The van der Waals surface area contributed by atoms with E-state index in [-0.39, 0.29) is 44.2 Å². The Morgan fingerprint density at radius 3 is 2.33 bits per heavy atom. The van der Waals surface area contributed by atoms with Crippen LogP contribution in [-0.4, -0.2) is 87.1 Å². The molecule has 4 rings (SSSR count). The molecule has 6 N–H and O–H groups in total. The minimum absolute atomic E-state index is 0.0169. The van der Waals surface area contributed by atoms with Crippen molar-refractivity contribution in [2.75, 3.05) is 39.8 Å². The fourth-order valence-electron chi connectivity index (χ4n) is 4.66. The number of nitrogens with two attached hydrogens (primary N) is 2. The van der Waals surface area contributed by atoms with Crippen LogP contribution in [-0.2, 0) is 19.8 Å². The number of primary amides is 2. The first kappa shape index (κ1) is 29.0. The quantitative estimate of drug-likeness (QED) is 0.223. The number of hydrogen-bond acceptors (Lipinski definition) is 8. The van der Waals surface area contributed by atoms with Gasteiger partial charge in [-0.3, -0.25) is 14.6 Å². The summed E-state index contributed by atoms with van der Waals surface area (Å²) in [5.74, 6) is -0.584. The van der Waals surface area contributed by atoms with Gasteiger partial charge in [0.15, 0.2) is 6.61 Å². The highest BCUT2D eigenvalue weighted by Crippen LogP contribution is 2.30. The molecular formula is C26H34N8O5S. The van der Waals surface area contributed by atoms with Crippen molar-refractivity contribution < 1.29 is 22.7 Å². The van der Waals surface area contributed by atoms with E-state index in [0.717, 1.165) is 16.8 Å². The second-order valence-electron chi connectivity index (χ2n) is 9.48. The monoisotopic (exact) mass is 570 g/mol. The Bertz CT molecular complexity index is 1360. The highest BCUT2D eigenvalue weighted by molar-refractivity contribution is 7.87. The van der Waals surface area contributed by atoms with E-state index >= 15 is 0 Å². The third-order valence-corrected chi connectivity index (χ3v) is 8.17. The Labute approximate surface area is 233 Å². The topological polar surface area (TPSA) is 185 Å². The smallest absolute Gasteiger partial charge is 0.303 e. The molecule has 2 heterocycles. The van der Waals surface area contributed by atoms with Crippen LogP contribution in [0.1, 0.15) is 29.9 Å². The van der Waals surface area contributed by atoms with E-state index in [0.29, 0.717) is 25.1 Å². The number of benzene rings is 2. The summed E-state index contributed by atoms with van der Waals surface area (Å²) in [6, 6.07) is 16.9. The Morgan fingerprint density at radius 2 is 1.73 bits per heavy atom. The summed E-state index contributed by atoms with van der Waals surface area (Å²) in [5, 5.41) is 9.39. The van der Waals surface area contributed by atoms with Crippen molar-refractivity contribution in [1.82, 2.24) is 19.4 Å². The fourth-order valence-corrected chi connectivity index (χ4v) is 5.90. The normalized spacial score (nSPS) is 18.8. The van der Waals surface area contributed by atoms with Crippen LogP contribution in [0.15, 0.2) is 64.7 Å². The second kappa shape index (κ2) is 12.9. The number of hydrazone groups is 1. The summed E-state index contributed by atoms with van der Waals surface area (Å²) in [6.07, 6.45) is 1.10. The fraction of sp³-hybridized carbons (Fsp3) is 0.385. The molecule has 1 unspecified atom stereocenters. The molecule has 14 heteroatoms. The Hall–Kier alpha value is -4.01. The Kier molecular flexibility index (Phi) is 9.34. The number of ether oxygens (including phenoxy) is 1. The molecule has 13 nitrogen and oxygen atoms in total. The second-order valence-corrected chi connectivity index (χ2v) is 11.2. The number of guanidine groups is 1. The molecule has 0 bridgehead atoms. The Morgan fingerprint density at radius 1 is 1.05 bits per heavy atom. The van der Waals surface area contributed by atoms with Crippen LogP contribution in [0.3, 0.4) is 0 Å². The van der Waals surface area contributed by atoms with E-state index in [1.165, 1.54) is 11.4 Å². The minimum atomic E-state index is -3.90. The number of nitrogens with one attached hydrogen (secondary N) is 2. The van der Waals surface area contributed by atoms with Crippen molar-refractivity contribution in [2.24, 2.45) is 21.6 Å². The van der Waals surface area contributed by atoms with Gasteiger partial charge in [0.2, 0.25) is 11.9 Å². The van der Waals surface area contributed by atoms with Crippen molar-refractivity contribution in [3.05, 3.63) is 65.7 Å². The van der Waals surface area contributed by atoms with Crippen molar-refractivity contribution in [3.63, 3.8) is 0 Å². The minimum Gasteiger partial charge on any atom is -0.484 e. The number of hydrogen-bond donors (Lipinski definition) is 4. The van der Waals surface area contributed by atoms with Gasteiger partial charge >= 0.3 is 10.2 Å². The molecular weight excluding hydrogens is 536 g/mol. The first-order valence-electron chi connectivity index (χ1n) is 12.8. The molecule has 214 valence electrons. The first-order chi connectivity index (χ1) is 19.2. The number of amides is 2. The summed E-state index contributed by atoms with van der Waals surface area (Å²) in [6.45, 7) is 0.776. The molecule has 40 heavy (non-hydrogen) atoms. The van der Waals surface area contributed by atoms with Gasteiger partial charge in [-0.2, -0.15) is 17.8 Å². The molecule has 0 saturated carbocycles. The summed E-state index contributed by atoms with van der Waals surface area (Å²) in [5.41, 5.74) is 12.9. The first-order valence-corrected chi connectivity index (χ1v) is 14.3. The maximum Gasteiger partial charge on any atom is 0.303 e. The molecule has 0 spiro atoms. The van der Waals surface area contributed by atoms with Gasteiger partial charge in [0.25, 0.3) is 5.91 Å². The van der Waals surface area contributed by atoms with E-state index in [1.54, 1.807) is 17.1 Å². The van der Waals surface area contributed by atoms with Crippen molar-refractivity contribution in [1.29, 1.82) is 0 Å². The number of carbonyl (C=O) groups excluding carboxylic acids is 2. The van der Waals surface area contributed by atoms with Gasteiger partial charge in [-0.05, 0) is 48.2 Å². The number of rotatable bonds is 10. The highest BCUT2D eigenvalue weighted by Gasteiger charge is 2.35. The number of piperidine rings is 1. The van der Waals surface area contributed by atoms with Gasteiger partial charge in [-0.1, -0.05) is 30.3 Å². The van der Waals surface area contributed by atoms with Gasteiger partial charge in [-0.25, -0.2) is 9.73 Å². The highest BCUT2D eigenvalue weighted by atomic mass is 32.2. The van der Waals surface area contributed by atoms with Crippen LogP contribution >= 0.6 is 0 Å². The molecule has 2 aromatic rings. The number of aliphatic imine (C=N–C) groups is 1. The van der Waals surface area contributed by atoms with E-state index in [1.807, 2.05) is 42.5 Å². The molecule has 0 aliphatic carbocycles. The van der Waals surface area contributed by atoms with E-state index in [2.05, 4.69) is 15.0 Å². The van der Waals surface area contributed by atoms with Crippen LogP contribution in [0.4, 0.5) is 0 Å². The van der Waals surface area contributed by atoms with Crippen molar-refractivity contribution in [3.8, 4) is 5.75 Å². The lowest BCUT2D eigenvalue weighted by atomic mass is 9.90. The van der Waals surface area contributed by atoms with Crippen molar-refractivity contribution >= 4 is 33.7 Å². The molecule has 0 radical (unpaired) electrons. The largest absolute Gasteiger partial charge is 0.484 e. The molecule has 1 fully saturated rings.